The highest BCUT2D eigenvalue weighted by atomic mass is 32.2. The average molecular weight is 249 g/mol. The molecule has 0 atom stereocenters. The van der Waals surface area contributed by atoms with Crippen molar-refractivity contribution in [3.05, 3.63) is 17.5 Å². The molecule has 0 aliphatic heterocycles. The van der Waals surface area contributed by atoms with E-state index in [0.29, 0.717) is 6.20 Å². The molecule has 0 aliphatic carbocycles. The van der Waals surface area contributed by atoms with Crippen molar-refractivity contribution in [3.8, 4) is 11.8 Å². The maximum atomic E-state index is 12.3. The zero-order chi connectivity index (χ0) is 12.5. The minimum Gasteiger partial charge on any atom is -0.504 e. The van der Waals surface area contributed by atoms with Crippen molar-refractivity contribution >= 4 is 10.0 Å². The Balaban J connectivity index is 3.62. The number of aromatic hydroxyl groups is 1. The molecule has 0 spiro atoms. The summed E-state index contributed by atoms with van der Waals surface area (Å²) in [4.78, 5) is 2.25. The zero-order valence-electron chi connectivity index (χ0n) is 7.55. The Bertz CT molecular complexity index is 565. The number of nitrogens with zero attached hydrogens (tertiary/aromatic N) is 2. The lowest BCUT2D eigenvalue weighted by Gasteiger charge is -2.06. The topological polar surface area (TPSA) is 117 Å². The fraction of sp³-hybridized carbons (Fsp3) is 0.143. The van der Waals surface area contributed by atoms with Crippen LogP contribution in [-0.2, 0) is 10.0 Å². The monoisotopic (exact) mass is 249 g/mol. The van der Waals surface area contributed by atoms with E-state index in [1.54, 1.807) is 0 Å². The van der Waals surface area contributed by atoms with Crippen LogP contribution in [-0.4, -0.2) is 18.5 Å². The summed E-state index contributed by atoms with van der Waals surface area (Å²) in [6, 6.07) is 1.28. The van der Waals surface area contributed by atoms with Crippen LogP contribution < -0.4 is 5.14 Å². The van der Waals surface area contributed by atoms with Gasteiger partial charge in [-0.1, -0.05) is 0 Å². The van der Waals surface area contributed by atoms with Crippen LogP contribution >= 0.6 is 0 Å². The predicted octanol–water partition coefficient (Wildman–Crippen LogP) is 0.244. The van der Waals surface area contributed by atoms with E-state index in [1.807, 2.05) is 0 Å². The first-order valence-corrected chi connectivity index (χ1v) is 5.26. The van der Waals surface area contributed by atoms with E-state index in [4.69, 9.17) is 10.4 Å². The van der Waals surface area contributed by atoms with Crippen molar-refractivity contribution in [1.82, 2.24) is 4.98 Å². The molecule has 86 valence electrons. The molecule has 1 heterocycles. The highest BCUT2D eigenvalue weighted by Crippen LogP contribution is 2.31. The van der Waals surface area contributed by atoms with Gasteiger partial charge < -0.3 is 5.11 Å². The van der Waals surface area contributed by atoms with Gasteiger partial charge in [-0.05, 0) is 0 Å². The minimum absolute atomic E-state index is 0.509. The van der Waals surface area contributed by atoms with Gasteiger partial charge in [-0.15, -0.1) is 0 Å². The molecule has 1 rings (SSSR count). The maximum Gasteiger partial charge on any atom is 0.284 e. The summed E-state index contributed by atoms with van der Waals surface area (Å²) < 4.78 is 46.4. The minimum atomic E-state index is -4.30. The summed E-state index contributed by atoms with van der Waals surface area (Å²) in [6.07, 6.45) is -2.61. The summed E-state index contributed by atoms with van der Waals surface area (Å²) in [7, 11) is -4.30. The largest absolute Gasteiger partial charge is 0.504 e. The second-order valence-electron chi connectivity index (χ2n) is 2.69. The fourth-order valence-electron chi connectivity index (χ4n) is 0.982. The SMILES string of the molecule is N#Cc1c(S(N)(=O)=O)cnc(C(F)F)c1O. The lowest BCUT2D eigenvalue weighted by molar-refractivity contribution is 0.141. The number of nitriles is 1. The molecule has 0 saturated carbocycles. The third kappa shape index (κ3) is 2.07. The zero-order valence-corrected chi connectivity index (χ0v) is 8.37. The summed E-state index contributed by atoms with van der Waals surface area (Å²) in [5.74, 6) is -1.18. The highest BCUT2D eigenvalue weighted by molar-refractivity contribution is 7.89. The lowest BCUT2D eigenvalue weighted by Crippen LogP contribution is -2.15. The van der Waals surface area contributed by atoms with E-state index in [1.165, 1.54) is 6.07 Å². The second kappa shape index (κ2) is 3.99. The van der Waals surface area contributed by atoms with Crippen LogP contribution in [0.25, 0.3) is 0 Å². The third-order valence-corrected chi connectivity index (χ3v) is 2.59. The number of pyridine rings is 1. The van der Waals surface area contributed by atoms with E-state index in [-0.39, 0.29) is 0 Å². The molecule has 3 N–H and O–H groups in total. The molecule has 9 heteroatoms. The normalized spacial score (nSPS) is 11.4. The molecule has 16 heavy (non-hydrogen) atoms. The lowest BCUT2D eigenvalue weighted by atomic mass is 10.2. The van der Waals surface area contributed by atoms with Gasteiger partial charge in [0.1, 0.15) is 22.2 Å². The molecule has 0 amide bonds. The molecule has 0 aliphatic rings. The summed E-state index contributed by atoms with van der Waals surface area (Å²) in [6.45, 7) is 0. The quantitative estimate of drug-likeness (QED) is 0.778. The van der Waals surface area contributed by atoms with E-state index in [0.717, 1.165) is 0 Å². The van der Waals surface area contributed by atoms with Crippen molar-refractivity contribution in [2.75, 3.05) is 0 Å². The van der Waals surface area contributed by atoms with Crippen LogP contribution in [0.15, 0.2) is 11.1 Å². The Hall–Kier alpha value is -1.79. The van der Waals surface area contributed by atoms with Crippen molar-refractivity contribution < 1.29 is 22.3 Å². The van der Waals surface area contributed by atoms with Crippen LogP contribution in [0, 0.1) is 11.3 Å². The first-order valence-electron chi connectivity index (χ1n) is 3.72. The summed E-state index contributed by atoms with van der Waals surface area (Å²) in [5.41, 5.74) is -1.91. The van der Waals surface area contributed by atoms with E-state index >= 15 is 0 Å². The van der Waals surface area contributed by atoms with Crippen molar-refractivity contribution in [2.45, 2.75) is 11.3 Å². The fourth-order valence-corrected chi connectivity index (χ4v) is 1.61. The Kier molecular flexibility index (Phi) is 3.06. The van der Waals surface area contributed by atoms with Crippen LogP contribution in [0.5, 0.6) is 5.75 Å². The smallest absolute Gasteiger partial charge is 0.284 e. The van der Waals surface area contributed by atoms with Crippen LogP contribution in [0.1, 0.15) is 17.7 Å². The Labute approximate surface area is 89.0 Å². The van der Waals surface area contributed by atoms with Crippen molar-refractivity contribution in [2.24, 2.45) is 5.14 Å². The Morgan fingerprint density at radius 1 is 1.56 bits per heavy atom. The van der Waals surface area contributed by atoms with Gasteiger partial charge in [0.05, 0.1) is 0 Å². The third-order valence-electron chi connectivity index (χ3n) is 1.67. The molecule has 1 aromatic heterocycles. The van der Waals surface area contributed by atoms with Gasteiger partial charge in [-0.25, -0.2) is 27.3 Å². The predicted molar refractivity (Wildman–Crippen MR) is 46.9 cm³/mol. The molecule has 0 bridgehead atoms. The second-order valence-corrected chi connectivity index (χ2v) is 4.22. The number of hydrogen-bond acceptors (Lipinski definition) is 5. The van der Waals surface area contributed by atoms with Gasteiger partial charge in [0, 0.05) is 6.20 Å². The van der Waals surface area contributed by atoms with Gasteiger partial charge in [0.2, 0.25) is 10.0 Å². The maximum absolute atomic E-state index is 12.3. The summed E-state index contributed by atoms with van der Waals surface area (Å²) in [5, 5.41) is 22.5. The molecule has 0 radical (unpaired) electrons. The van der Waals surface area contributed by atoms with Crippen LogP contribution in [0.4, 0.5) is 8.78 Å². The molecular formula is C7H5F2N3O3S. The van der Waals surface area contributed by atoms with E-state index < -0.39 is 38.4 Å². The molecule has 0 fully saturated rings. The number of sulfonamides is 1. The number of primary sulfonamides is 1. The van der Waals surface area contributed by atoms with Gasteiger partial charge in [0.25, 0.3) is 6.43 Å². The number of rotatable bonds is 2. The van der Waals surface area contributed by atoms with Crippen LogP contribution in [0.2, 0.25) is 0 Å². The molecule has 6 nitrogen and oxygen atoms in total. The first kappa shape index (κ1) is 12.3. The molecule has 0 saturated heterocycles. The molecule has 0 aromatic carbocycles. The Morgan fingerprint density at radius 2 is 2.12 bits per heavy atom. The molecule has 1 aromatic rings. The van der Waals surface area contributed by atoms with Gasteiger partial charge >= 0.3 is 0 Å². The average Bonchev–Trinajstić information content (AvgIpc) is 2.15. The number of aromatic nitrogens is 1. The highest BCUT2D eigenvalue weighted by Gasteiger charge is 2.24. The van der Waals surface area contributed by atoms with Crippen molar-refractivity contribution in [1.29, 1.82) is 5.26 Å². The van der Waals surface area contributed by atoms with Gasteiger partial charge in [0.15, 0.2) is 5.75 Å². The number of halogens is 2. The standard InChI is InChI=1S/C7H5F2N3O3S/c8-7(9)5-6(13)3(1-10)4(2-12-5)16(11,14)15/h2,7,13H,(H2,11,14,15). The number of alkyl halides is 2. The van der Waals surface area contributed by atoms with E-state index in [2.05, 4.69) is 4.98 Å². The van der Waals surface area contributed by atoms with Gasteiger partial charge in [-0.3, -0.25) is 0 Å². The Morgan fingerprint density at radius 3 is 2.50 bits per heavy atom. The number of hydrogen-bond donors (Lipinski definition) is 2. The van der Waals surface area contributed by atoms with Gasteiger partial charge in [-0.2, -0.15) is 5.26 Å². The summed E-state index contributed by atoms with van der Waals surface area (Å²) >= 11 is 0. The van der Waals surface area contributed by atoms with Crippen LogP contribution in [0.3, 0.4) is 0 Å². The molecular weight excluding hydrogens is 244 g/mol. The number of nitrogens with two attached hydrogens (primary N) is 1. The first-order chi connectivity index (χ1) is 7.29. The molecule has 0 unspecified atom stereocenters. The van der Waals surface area contributed by atoms with Crippen molar-refractivity contribution in [3.63, 3.8) is 0 Å². The van der Waals surface area contributed by atoms with E-state index in [9.17, 15) is 22.3 Å².